The molecule has 0 bridgehead atoms. The van der Waals surface area contributed by atoms with Crippen LogP contribution in [0.25, 0.3) is 0 Å². The number of piperidine rings is 1. The molecule has 0 aliphatic carbocycles. The predicted molar refractivity (Wildman–Crippen MR) is 129 cm³/mol. The number of benzene rings is 3. The van der Waals surface area contributed by atoms with Crippen LogP contribution in [0.2, 0.25) is 0 Å². The molecule has 0 N–H and O–H groups in total. The van der Waals surface area contributed by atoms with Crippen LogP contribution in [-0.2, 0) is 13.1 Å². The number of rotatable bonds is 6. The molecule has 3 aromatic carbocycles. The molecule has 31 heavy (non-hydrogen) atoms. The van der Waals surface area contributed by atoms with Crippen LogP contribution in [-0.4, -0.2) is 28.4 Å². The Balaban J connectivity index is 1.45. The van der Waals surface area contributed by atoms with Gasteiger partial charge in [-0.3, -0.25) is 9.80 Å². The molecular weight excluding hydrogens is 376 g/mol. The molecule has 2 nitrogen and oxygen atoms in total. The lowest BCUT2D eigenvalue weighted by atomic mass is 9.96. The second kappa shape index (κ2) is 9.38. The first-order valence-electron chi connectivity index (χ1n) is 11.9. The monoisotopic (exact) mass is 410 g/mol. The summed E-state index contributed by atoms with van der Waals surface area (Å²) in [5, 5.41) is 0. The zero-order valence-electron chi connectivity index (χ0n) is 18.7. The third kappa shape index (κ3) is 4.61. The summed E-state index contributed by atoms with van der Waals surface area (Å²) in [5.74, 6) is 0. The van der Waals surface area contributed by atoms with Crippen LogP contribution in [0.5, 0.6) is 0 Å². The molecule has 5 rings (SSSR count). The van der Waals surface area contributed by atoms with Crippen LogP contribution in [0.3, 0.4) is 0 Å². The van der Waals surface area contributed by atoms with Crippen molar-refractivity contribution in [2.75, 3.05) is 6.54 Å². The van der Waals surface area contributed by atoms with E-state index in [0.717, 1.165) is 13.1 Å². The fraction of sp³-hybridized carbons (Fsp3) is 0.379. The Labute approximate surface area is 187 Å². The van der Waals surface area contributed by atoms with E-state index < -0.39 is 0 Å². The van der Waals surface area contributed by atoms with Gasteiger partial charge in [0, 0.05) is 31.2 Å². The Bertz CT molecular complexity index is 910. The minimum Gasteiger partial charge on any atom is -0.292 e. The average Bonchev–Trinajstić information content (AvgIpc) is 3.20. The van der Waals surface area contributed by atoms with Crippen molar-refractivity contribution in [1.82, 2.24) is 9.80 Å². The number of hydrogen-bond acceptors (Lipinski definition) is 2. The summed E-state index contributed by atoms with van der Waals surface area (Å²) in [6.07, 6.45) is 5.26. The molecule has 3 unspecified atom stereocenters. The van der Waals surface area contributed by atoms with E-state index in [2.05, 4.69) is 102 Å². The Morgan fingerprint density at radius 1 is 0.774 bits per heavy atom. The number of hydrogen-bond donors (Lipinski definition) is 0. The first-order chi connectivity index (χ1) is 15.3. The topological polar surface area (TPSA) is 6.48 Å². The molecule has 2 heteroatoms. The van der Waals surface area contributed by atoms with E-state index in [1.165, 1.54) is 54.5 Å². The largest absolute Gasteiger partial charge is 0.292 e. The first kappa shape index (κ1) is 20.5. The van der Waals surface area contributed by atoms with E-state index in [9.17, 15) is 0 Å². The molecule has 2 saturated heterocycles. The Morgan fingerprint density at radius 3 is 2.00 bits per heavy atom. The van der Waals surface area contributed by atoms with E-state index >= 15 is 0 Å². The van der Waals surface area contributed by atoms with Gasteiger partial charge >= 0.3 is 0 Å². The van der Waals surface area contributed by atoms with Gasteiger partial charge in [0.2, 0.25) is 0 Å². The lowest BCUT2D eigenvalue weighted by molar-refractivity contribution is 0.0921. The van der Waals surface area contributed by atoms with Crippen molar-refractivity contribution in [2.45, 2.75) is 63.8 Å². The highest BCUT2D eigenvalue weighted by Gasteiger charge is 2.44. The fourth-order valence-corrected chi connectivity index (χ4v) is 5.74. The second-order valence-electron chi connectivity index (χ2n) is 9.41. The zero-order valence-corrected chi connectivity index (χ0v) is 18.7. The van der Waals surface area contributed by atoms with E-state index in [4.69, 9.17) is 0 Å². The summed E-state index contributed by atoms with van der Waals surface area (Å²) in [7, 11) is 0. The number of aryl methyl sites for hydroxylation is 1. The van der Waals surface area contributed by atoms with Gasteiger partial charge in [-0.1, -0.05) is 96.9 Å². The number of nitrogens with zero attached hydrogens (tertiary/aromatic N) is 2. The SMILES string of the molecule is Cc1ccc(C2CC(N(Cc3ccccc3)Cc3ccccc3)C3CCCCN23)cc1. The third-order valence-electron chi connectivity index (χ3n) is 7.29. The van der Waals surface area contributed by atoms with Crippen LogP contribution >= 0.6 is 0 Å². The molecule has 0 amide bonds. The van der Waals surface area contributed by atoms with E-state index in [1.54, 1.807) is 0 Å². The van der Waals surface area contributed by atoms with Crippen molar-refractivity contribution in [3.05, 3.63) is 107 Å². The molecule has 0 radical (unpaired) electrons. The maximum absolute atomic E-state index is 2.84. The minimum absolute atomic E-state index is 0.546. The minimum atomic E-state index is 0.546. The number of fused-ring (bicyclic) bond motifs is 1. The fourth-order valence-electron chi connectivity index (χ4n) is 5.74. The Morgan fingerprint density at radius 2 is 1.39 bits per heavy atom. The van der Waals surface area contributed by atoms with Gasteiger partial charge in [0.15, 0.2) is 0 Å². The van der Waals surface area contributed by atoms with Crippen LogP contribution in [0.4, 0.5) is 0 Å². The van der Waals surface area contributed by atoms with Gasteiger partial charge in [0.25, 0.3) is 0 Å². The maximum atomic E-state index is 2.84. The molecule has 2 heterocycles. The lowest BCUT2D eigenvalue weighted by Gasteiger charge is -2.39. The lowest BCUT2D eigenvalue weighted by Crippen LogP contribution is -2.46. The van der Waals surface area contributed by atoms with Crippen LogP contribution < -0.4 is 0 Å². The summed E-state index contributed by atoms with van der Waals surface area (Å²) in [4.78, 5) is 5.60. The molecule has 2 aliphatic heterocycles. The predicted octanol–water partition coefficient (Wildman–Crippen LogP) is 6.37. The van der Waals surface area contributed by atoms with Gasteiger partial charge in [-0.05, 0) is 49.4 Å². The van der Waals surface area contributed by atoms with Gasteiger partial charge in [-0.15, -0.1) is 0 Å². The Hall–Kier alpha value is -2.42. The van der Waals surface area contributed by atoms with Crippen molar-refractivity contribution < 1.29 is 0 Å². The van der Waals surface area contributed by atoms with Crippen LogP contribution in [0.1, 0.15) is 54.0 Å². The van der Waals surface area contributed by atoms with Crippen molar-refractivity contribution in [3.63, 3.8) is 0 Å². The maximum Gasteiger partial charge on any atom is 0.0367 e. The van der Waals surface area contributed by atoms with Crippen molar-refractivity contribution in [1.29, 1.82) is 0 Å². The van der Waals surface area contributed by atoms with Crippen LogP contribution in [0, 0.1) is 6.92 Å². The van der Waals surface area contributed by atoms with E-state index in [0.29, 0.717) is 18.1 Å². The standard InChI is InChI=1S/C29H34N2/c1-23-15-17-26(18-16-23)28-20-29(27-14-8-9-19-31(27)28)30(21-24-10-4-2-5-11-24)22-25-12-6-3-7-13-25/h2-7,10-13,15-18,27-29H,8-9,14,19-22H2,1H3. The smallest absolute Gasteiger partial charge is 0.0367 e. The zero-order chi connectivity index (χ0) is 21.0. The molecule has 3 aromatic rings. The summed E-state index contributed by atoms with van der Waals surface area (Å²) in [6, 6.07) is 33.2. The summed E-state index contributed by atoms with van der Waals surface area (Å²) < 4.78 is 0. The molecule has 3 atom stereocenters. The highest BCUT2D eigenvalue weighted by Crippen LogP contribution is 2.43. The normalized spacial score (nSPS) is 23.7. The molecule has 2 fully saturated rings. The molecular formula is C29H34N2. The molecule has 2 aliphatic rings. The van der Waals surface area contributed by atoms with E-state index in [-0.39, 0.29) is 0 Å². The first-order valence-corrected chi connectivity index (χ1v) is 11.9. The van der Waals surface area contributed by atoms with Gasteiger partial charge in [-0.2, -0.15) is 0 Å². The van der Waals surface area contributed by atoms with E-state index in [1.807, 2.05) is 0 Å². The molecule has 0 spiro atoms. The quantitative estimate of drug-likeness (QED) is 0.466. The summed E-state index contributed by atoms with van der Waals surface area (Å²) >= 11 is 0. The van der Waals surface area contributed by atoms with Crippen molar-refractivity contribution >= 4 is 0 Å². The van der Waals surface area contributed by atoms with Crippen LogP contribution in [0.15, 0.2) is 84.9 Å². The highest BCUT2D eigenvalue weighted by atomic mass is 15.3. The molecule has 0 saturated carbocycles. The second-order valence-corrected chi connectivity index (χ2v) is 9.41. The van der Waals surface area contributed by atoms with Gasteiger partial charge < -0.3 is 0 Å². The van der Waals surface area contributed by atoms with Gasteiger partial charge in [-0.25, -0.2) is 0 Å². The van der Waals surface area contributed by atoms with Crippen molar-refractivity contribution in [3.8, 4) is 0 Å². The third-order valence-corrected chi connectivity index (χ3v) is 7.29. The van der Waals surface area contributed by atoms with Crippen molar-refractivity contribution in [2.24, 2.45) is 0 Å². The van der Waals surface area contributed by atoms with Gasteiger partial charge in [0.05, 0.1) is 0 Å². The Kier molecular flexibility index (Phi) is 6.20. The highest BCUT2D eigenvalue weighted by molar-refractivity contribution is 5.27. The average molecular weight is 411 g/mol. The molecule has 0 aromatic heterocycles. The summed E-state index contributed by atoms with van der Waals surface area (Å²) in [6.45, 7) is 5.47. The molecule has 160 valence electrons. The van der Waals surface area contributed by atoms with Gasteiger partial charge in [0.1, 0.15) is 0 Å². The summed E-state index contributed by atoms with van der Waals surface area (Å²) in [5.41, 5.74) is 5.68.